The van der Waals surface area contributed by atoms with Gasteiger partial charge in [-0.05, 0) is 43.4 Å². The number of hydrogen-bond acceptors (Lipinski definition) is 2. The van der Waals surface area contributed by atoms with Crippen LogP contribution in [0.4, 0.5) is 8.78 Å². The summed E-state index contributed by atoms with van der Waals surface area (Å²) in [4.78, 5) is 13.0. The molecule has 1 amide bonds. The Kier molecular flexibility index (Phi) is 4.57. The predicted octanol–water partition coefficient (Wildman–Crippen LogP) is 3.09. The fourth-order valence-corrected chi connectivity index (χ4v) is 2.31. The fourth-order valence-electron chi connectivity index (χ4n) is 2.31. The van der Waals surface area contributed by atoms with Gasteiger partial charge in [-0.2, -0.15) is 8.78 Å². The van der Waals surface area contributed by atoms with E-state index < -0.39 is 12.3 Å². The van der Waals surface area contributed by atoms with Crippen LogP contribution >= 0.6 is 0 Å². The topological polar surface area (TPSA) is 29.5 Å². The lowest BCUT2D eigenvalue weighted by atomic mass is 10.1. The maximum absolute atomic E-state index is 12.7. The summed E-state index contributed by atoms with van der Waals surface area (Å²) in [6.45, 7) is 2.06. The molecule has 0 bridgehead atoms. The van der Waals surface area contributed by atoms with Gasteiger partial charge in [0.2, 0.25) is 0 Å². The van der Waals surface area contributed by atoms with E-state index in [2.05, 4.69) is 0 Å². The van der Waals surface area contributed by atoms with Crippen molar-refractivity contribution in [3.8, 4) is 5.75 Å². The van der Waals surface area contributed by atoms with Crippen LogP contribution in [0.15, 0.2) is 24.3 Å². The van der Waals surface area contributed by atoms with Crippen LogP contribution in [-0.4, -0.2) is 30.4 Å². The average Bonchev–Trinajstić information content (AvgIpc) is 3.28. The molecule has 0 N–H and O–H groups in total. The minimum Gasteiger partial charge on any atom is -0.497 e. The average molecular weight is 283 g/mol. The van der Waals surface area contributed by atoms with Crippen molar-refractivity contribution in [2.75, 3.05) is 7.11 Å². The number of nitrogens with zero attached hydrogens (tertiary/aromatic N) is 1. The Morgan fingerprint density at radius 3 is 2.40 bits per heavy atom. The molecule has 0 spiro atoms. The Bertz CT molecular complexity index is 457. The number of rotatable bonds is 6. The first-order valence-corrected chi connectivity index (χ1v) is 6.74. The molecule has 0 radical (unpaired) electrons. The van der Waals surface area contributed by atoms with Crippen molar-refractivity contribution in [2.24, 2.45) is 5.92 Å². The maximum atomic E-state index is 12.7. The second kappa shape index (κ2) is 6.20. The van der Waals surface area contributed by atoms with Gasteiger partial charge in [-0.1, -0.05) is 12.1 Å². The monoisotopic (exact) mass is 283 g/mol. The minimum absolute atomic E-state index is 0.140. The van der Waals surface area contributed by atoms with Gasteiger partial charge < -0.3 is 9.64 Å². The largest absolute Gasteiger partial charge is 0.497 e. The fraction of sp³-hybridized carbons (Fsp3) is 0.533. The third-order valence-electron chi connectivity index (χ3n) is 3.78. The van der Waals surface area contributed by atoms with E-state index in [1.54, 1.807) is 31.4 Å². The summed E-state index contributed by atoms with van der Waals surface area (Å²) in [7, 11) is 1.57. The van der Waals surface area contributed by atoms with Gasteiger partial charge >= 0.3 is 6.43 Å². The van der Waals surface area contributed by atoms with Crippen LogP contribution in [-0.2, 0) is 11.3 Å². The molecular weight excluding hydrogens is 264 g/mol. The predicted molar refractivity (Wildman–Crippen MR) is 71.7 cm³/mol. The first kappa shape index (κ1) is 14.8. The lowest BCUT2D eigenvalue weighted by Gasteiger charge is -2.29. The van der Waals surface area contributed by atoms with Gasteiger partial charge in [-0.15, -0.1) is 0 Å². The van der Waals surface area contributed by atoms with E-state index in [0.717, 1.165) is 18.4 Å². The van der Waals surface area contributed by atoms with E-state index in [9.17, 15) is 13.6 Å². The van der Waals surface area contributed by atoms with Gasteiger partial charge in [-0.25, -0.2) is 0 Å². The lowest BCUT2D eigenvalue weighted by Crippen LogP contribution is -2.42. The number of alkyl halides is 2. The van der Waals surface area contributed by atoms with Crippen LogP contribution in [0.2, 0.25) is 0 Å². The molecule has 1 aliphatic carbocycles. The van der Waals surface area contributed by atoms with Crippen LogP contribution in [0.3, 0.4) is 0 Å². The molecule has 0 heterocycles. The second-order valence-corrected chi connectivity index (χ2v) is 5.19. The normalized spacial score (nSPS) is 16.1. The molecule has 3 nitrogen and oxygen atoms in total. The highest BCUT2D eigenvalue weighted by atomic mass is 19.3. The molecule has 1 fully saturated rings. The Morgan fingerprint density at radius 2 is 1.95 bits per heavy atom. The molecule has 0 saturated heterocycles. The summed E-state index contributed by atoms with van der Waals surface area (Å²) >= 11 is 0. The molecule has 1 aromatic carbocycles. The molecule has 0 aliphatic heterocycles. The molecular formula is C15H19F2NO2. The van der Waals surface area contributed by atoms with Crippen LogP contribution in [0.25, 0.3) is 0 Å². The summed E-state index contributed by atoms with van der Waals surface area (Å²) in [5.74, 6) is -0.0214. The first-order chi connectivity index (χ1) is 9.52. The highest BCUT2D eigenvalue weighted by molar-refractivity contribution is 5.79. The Labute approximate surface area is 117 Å². The van der Waals surface area contributed by atoms with Crippen molar-refractivity contribution in [3.63, 3.8) is 0 Å². The molecule has 20 heavy (non-hydrogen) atoms. The molecule has 2 rings (SSSR count). The maximum Gasteiger partial charge on any atom is 0.315 e. The van der Waals surface area contributed by atoms with E-state index in [0.29, 0.717) is 11.7 Å². The first-order valence-electron chi connectivity index (χ1n) is 6.74. The van der Waals surface area contributed by atoms with Crippen LogP contribution in [0, 0.1) is 5.92 Å². The Balaban J connectivity index is 2.11. The standard InChI is InChI=1S/C15H19F2NO2/c1-10(12-5-6-12)18(15(19)14(16)17)9-11-3-7-13(20-2)8-4-11/h3-4,7-8,10,12,14H,5-6,9H2,1-2H3/t10-/m1/s1. The molecule has 1 aromatic rings. The minimum atomic E-state index is -2.95. The molecule has 1 aliphatic rings. The number of halogens is 2. The van der Waals surface area contributed by atoms with Crippen molar-refractivity contribution in [3.05, 3.63) is 29.8 Å². The highest BCUT2D eigenvalue weighted by Crippen LogP contribution is 2.36. The van der Waals surface area contributed by atoms with E-state index in [-0.39, 0.29) is 12.6 Å². The van der Waals surface area contributed by atoms with Crippen LogP contribution in [0.5, 0.6) is 5.75 Å². The Hall–Kier alpha value is -1.65. The zero-order valence-electron chi connectivity index (χ0n) is 11.7. The van der Waals surface area contributed by atoms with E-state index in [1.165, 1.54) is 4.90 Å². The SMILES string of the molecule is COc1ccc(CN(C(=O)C(F)F)[C@H](C)C2CC2)cc1. The van der Waals surface area contributed by atoms with Crippen molar-refractivity contribution < 1.29 is 18.3 Å². The van der Waals surface area contributed by atoms with Crippen LogP contribution in [0.1, 0.15) is 25.3 Å². The summed E-state index contributed by atoms with van der Waals surface area (Å²) in [5.41, 5.74) is 0.826. The zero-order valence-corrected chi connectivity index (χ0v) is 11.7. The van der Waals surface area contributed by atoms with E-state index in [4.69, 9.17) is 4.74 Å². The third-order valence-corrected chi connectivity index (χ3v) is 3.78. The quantitative estimate of drug-likeness (QED) is 0.803. The summed E-state index contributed by atoms with van der Waals surface area (Å²) in [6.07, 6.45) is -0.928. The summed E-state index contributed by atoms with van der Waals surface area (Å²) in [5, 5.41) is 0. The number of ether oxygens (including phenoxy) is 1. The van der Waals surface area contributed by atoms with Gasteiger partial charge in [0.1, 0.15) is 5.75 Å². The number of benzene rings is 1. The number of carbonyl (C=O) groups excluding carboxylic acids is 1. The smallest absolute Gasteiger partial charge is 0.315 e. The van der Waals surface area contributed by atoms with Crippen molar-refractivity contribution in [1.29, 1.82) is 0 Å². The van der Waals surface area contributed by atoms with Gasteiger partial charge in [0.05, 0.1) is 7.11 Å². The third kappa shape index (κ3) is 3.46. The van der Waals surface area contributed by atoms with Crippen LogP contribution < -0.4 is 4.74 Å². The number of hydrogen-bond donors (Lipinski definition) is 0. The Morgan fingerprint density at radius 1 is 1.35 bits per heavy atom. The number of methoxy groups -OCH3 is 1. The van der Waals surface area contributed by atoms with Crippen molar-refractivity contribution in [1.82, 2.24) is 4.90 Å². The molecule has 0 unspecified atom stereocenters. The van der Waals surface area contributed by atoms with Gasteiger partial charge in [0, 0.05) is 12.6 Å². The summed E-state index contributed by atoms with van der Waals surface area (Å²) in [6, 6.07) is 6.98. The number of amides is 1. The lowest BCUT2D eigenvalue weighted by molar-refractivity contribution is -0.146. The number of carbonyl (C=O) groups is 1. The van der Waals surface area contributed by atoms with E-state index in [1.807, 2.05) is 6.92 Å². The zero-order chi connectivity index (χ0) is 14.7. The van der Waals surface area contributed by atoms with E-state index >= 15 is 0 Å². The highest BCUT2D eigenvalue weighted by Gasteiger charge is 2.36. The van der Waals surface area contributed by atoms with Gasteiger partial charge in [-0.3, -0.25) is 4.79 Å². The van der Waals surface area contributed by atoms with Crippen molar-refractivity contribution >= 4 is 5.91 Å². The van der Waals surface area contributed by atoms with Crippen molar-refractivity contribution in [2.45, 2.75) is 38.8 Å². The molecule has 1 atom stereocenters. The molecule has 5 heteroatoms. The molecule has 110 valence electrons. The van der Waals surface area contributed by atoms with Gasteiger partial charge in [0.15, 0.2) is 0 Å². The molecule has 1 saturated carbocycles. The van der Waals surface area contributed by atoms with Gasteiger partial charge in [0.25, 0.3) is 5.91 Å². The second-order valence-electron chi connectivity index (χ2n) is 5.19. The summed E-state index contributed by atoms with van der Waals surface area (Å²) < 4.78 is 30.5. The molecule has 0 aromatic heterocycles.